The third-order valence-electron chi connectivity index (χ3n) is 3.93. The van der Waals surface area contributed by atoms with Crippen LogP contribution in [0.15, 0.2) is 28.7 Å². The Morgan fingerprint density at radius 1 is 1.26 bits per heavy atom. The predicted octanol–water partition coefficient (Wildman–Crippen LogP) is 3.09. The van der Waals surface area contributed by atoms with E-state index in [0.717, 1.165) is 29.3 Å². The molecular weight excluding hydrogens is 328 g/mol. The van der Waals surface area contributed by atoms with Crippen LogP contribution in [0.3, 0.4) is 0 Å². The summed E-state index contributed by atoms with van der Waals surface area (Å²) in [6.07, 6.45) is 3.78. The summed E-state index contributed by atoms with van der Waals surface area (Å²) in [7, 11) is -3.00. The van der Waals surface area contributed by atoms with Gasteiger partial charge in [0, 0.05) is 10.7 Å². The van der Waals surface area contributed by atoms with E-state index in [1.165, 1.54) is 6.26 Å². The minimum atomic E-state index is -3.00. The van der Waals surface area contributed by atoms with E-state index < -0.39 is 15.9 Å². The molecule has 0 bridgehead atoms. The molecule has 1 aliphatic carbocycles. The van der Waals surface area contributed by atoms with Crippen LogP contribution in [0, 0.1) is 5.92 Å². The molecule has 2 rings (SSSR count). The first-order valence-corrected chi connectivity index (χ1v) is 9.25. The molecule has 0 radical (unpaired) electrons. The fourth-order valence-corrected chi connectivity index (χ4v) is 4.24. The molecule has 1 aliphatic rings. The van der Waals surface area contributed by atoms with Gasteiger partial charge < -0.3 is 5.11 Å². The molecule has 5 heteroatoms. The topological polar surface area (TPSA) is 54.4 Å². The van der Waals surface area contributed by atoms with Crippen molar-refractivity contribution in [3.05, 3.63) is 34.3 Å². The lowest BCUT2D eigenvalue weighted by Gasteiger charge is -2.31. The van der Waals surface area contributed by atoms with Crippen molar-refractivity contribution in [2.24, 2.45) is 5.92 Å². The van der Waals surface area contributed by atoms with E-state index in [1.807, 2.05) is 24.3 Å². The Morgan fingerprint density at radius 3 is 2.47 bits per heavy atom. The number of aliphatic hydroxyl groups is 1. The molecule has 0 spiro atoms. The molecule has 0 amide bonds. The predicted molar refractivity (Wildman–Crippen MR) is 79.7 cm³/mol. The van der Waals surface area contributed by atoms with Crippen molar-refractivity contribution < 1.29 is 13.5 Å². The SMILES string of the molecule is CS(=O)(=O)C1CCCC(C(O)c2ccc(Br)cc2)C1. The maximum atomic E-state index is 11.6. The van der Waals surface area contributed by atoms with Crippen LogP contribution in [0.1, 0.15) is 37.4 Å². The number of halogens is 1. The highest BCUT2D eigenvalue weighted by atomic mass is 79.9. The zero-order valence-corrected chi connectivity index (χ0v) is 13.3. The Bertz CT molecular complexity index is 524. The van der Waals surface area contributed by atoms with Crippen molar-refractivity contribution in [2.75, 3.05) is 6.26 Å². The quantitative estimate of drug-likeness (QED) is 0.914. The summed E-state index contributed by atoms with van der Waals surface area (Å²) in [6, 6.07) is 7.57. The second-order valence-corrected chi connectivity index (χ2v) is 8.62. The molecule has 1 aromatic carbocycles. The summed E-state index contributed by atoms with van der Waals surface area (Å²) >= 11 is 3.37. The smallest absolute Gasteiger partial charge is 0.150 e. The third kappa shape index (κ3) is 3.80. The lowest BCUT2D eigenvalue weighted by Crippen LogP contribution is -2.30. The first-order chi connectivity index (χ1) is 8.88. The molecule has 1 N–H and O–H groups in total. The van der Waals surface area contributed by atoms with Crippen LogP contribution in [-0.4, -0.2) is 25.0 Å². The molecule has 1 aromatic rings. The van der Waals surface area contributed by atoms with Gasteiger partial charge in [0.2, 0.25) is 0 Å². The Morgan fingerprint density at radius 2 is 1.89 bits per heavy atom. The summed E-state index contributed by atoms with van der Waals surface area (Å²) in [5, 5.41) is 10.1. The Balaban J connectivity index is 2.11. The van der Waals surface area contributed by atoms with Gasteiger partial charge in [-0.15, -0.1) is 0 Å². The Hall–Kier alpha value is -0.390. The van der Waals surface area contributed by atoms with Crippen molar-refractivity contribution >= 4 is 25.8 Å². The van der Waals surface area contributed by atoms with E-state index >= 15 is 0 Å². The highest BCUT2D eigenvalue weighted by Gasteiger charge is 2.32. The number of aliphatic hydroxyl groups excluding tert-OH is 1. The molecule has 0 aliphatic heterocycles. The highest BCUT2D eigenvalue weighted by Crippen LogP contribution is 2.36. The normalized spacial score (nSPS) is 26.1. The number of hydrogen-bond donors (Lipinski definition) is 1. The zero-order chi connectivity index (χ0) is 14.0. The van der Waals surface area contributed by atoms with Crippen molar-refractivity contribution in [3.63, 3.8) is 0 Å². The number of rotatable bonds is 3. The van der Waals surface area contributed by atoms with Crippen LogP contribution in [-0.2, 0) is 9.84 Å². The van der Waals surface area contributed by atoms with Crippen molar-refractivity contribution in [3.8, 4) is 0 Å². The van der Waals surface area contributed by atoms with Crippen LogP contribution in [0.2, 0.25) is 0 Å². The van der Waals surface area contributed by atoms with E-state index in [4.69, 9.17) is 0 Å². The summed E-state index contributed by atoms with van der Waals surface area (Å²) < 4.78 is 24.3. The largest absolute Gasteiger partial charge is 0.388 e. The summed E-state index contributed by atoms with van der Waals surface area (Å²) in [4.78, 5) is 0. The molecule has 19 heavy (non-hydrogen) atoms. The first kappa shape index (κ1) is 15.0. The molecule has 106 valence electrons. The monoisotopic (exact) mass is 346 g/mol. The van der Waals surface area contributed by atoms with E-state index in [2.05, 4.69) is 15.9 Å². The highest BCUT2D eigenvalue weighted by molar-refractivity contribution is 9.10. The molecule has 3 unspecified atom stereocenters. The first-order valence-electron chi connectivity index (χ1n) is 6.50. The average molecular weight is 347 g/mol. The fraction of sp³-hybridized carbons (Fsp3) is 0.571. The Labute approximate surface area is 123 Å². The van der Waals surface area contributed by atoms with Crippen LogP contribution >= 0.6 is 15.9 Å². The minimum Gasteiger partial charge on any atom is -0.388 e. The van der Waals surface area contributed by atoms with Gasteiger partial charge in [0.05, 0.1) is 11.4 Å². The van der Waals surface area contributed by atoms with Gasteiger partial charge >= 0.3 is 0 Å². The molecule has 0 saturated heterocycles. The van der Waals surface area contributed by atoms with E-state index in [0.29, 0.717) is 6.42 Å². The van der Waals surface area contributed by atoms with Gasteiger partial charge in [-0.3, -0.25) is 0 Å². The summed E-state index contributed by atoms with van der Waals surface area (Å²) in [5.74, 6) is 0.0367. The van der Waals surface area contributed by atoms with Crippen molar-refractivity contribution in [1.82, 2.24) is 0 Å². The fourth-order valence-electron chi connectivity index (χ4n) is 2.79. The lowest BCUT2D eigenvalue weighted by molar-refractivity contribution is 0.0857. The van der Waals surface area contributed by atoms with Gasteiger partial charge in [0.25, 0.3) is 0 Å². The maximum Gasteiger partial charge on any atom is 0.150 e. The van der Waals surface area contributed by atoms with Gasteiger partial charge in [-0.1, -0.05) is 34.5 Å². The van der Waals surface area contributed by atoms with E-state index in [-0.39, 0.29) is 11.2 Å². The molecule has 0 heterocycles. The van der Waals surface area contributed by atoms with Crippen molar-refractivity contribution in [2.45, 2.75) is 37.0 Å². The van der Waals surface area contributed by atoms with E-state index in [9.17, 15) is 13.5 Å². The minimum absolute atomic E-state index is 0.0367. The number of benzene rings is 1. The second-order valence-electron chi connectivity index (χ2n) is 5.37. The average Bonchev–Trinajstić information content (AvgIpc) is 2.38. The summed E-state index contributed by atoms with van der Waals surface area (Å²) in [5.41, 5.74) is 0.863. The maximum absolute atomic E-state index is 11.6. The Kier molecular flexibility index (Phi) is 4.69. The molecule has 1 fully saturated rings. The lowest BCUT2D eigenvalue weighted by atomic mass is 9.82. The zero-order valence-electron chi connectivity index (χ0n) is 10.9. The third-order valence-corrected chi connectivity index (χ3v) is 6.10. The van der Waals surface area contributed by atoms with Gasteiger partial charge in [-0.25, -0.2) is 8.42 Å². The summed E-state index contributed by atoms with van der Waals surface area (Å²) in [6.45, 7) is 0. The van der Waals surface area contributed by atoms with Gasteiger partial charge in [-0.05, 0) is 42.9 Å². The van der Waals surface area contributed by atoms with E-state index in [1.54, 1.807) is 0 Å². The molecule has 3 nitrogen and oxygen atoms in total. The van der Waals surface area contributed by atoms with Crippen LogP contribution in [0.25, 0.3) is 0 Å². The molecule has 0 aromatic heterocycles. The van der Waals surface area contributed by atoms with Crippen LogP contribution in [0.5, 0.6) is 0 Å². The van der Waals surface area contributed by atoms with Gasteiger partial charge in [0.15, 0.2) is 0 Å². The molecular formula is C14H19BrO3S. The molecule has 3 atom stereocenters. The van der Waals surface area contributed by atoms with Crippen LogP contribution < -0.4 is 0 Å². The number of sulfone groups is 1. The van der Waals surface area contributed by atoms with Crippen molar-refractivity contribution in [1.29, 1.82) is 0 Å². The molecule has 1 saturated carbocycles. The number of hydrogen-bond acceptors (Lipinski definition) is 3. The second kappa shape index (κ2) is 5.94. The van der Waals surface area contributed by atoms with Crippen LogP contribution in [0.4, 0.5) is 0 Å². The van der Waals surface area contributed by atoms with Gasteiger partial charge in [0.1, 0.15) is 9.84 Å². The standard InChI is InChI=1S/C14H19BrO3S/c1-19(17,18)13-4-2-3-11(9-13)14(16)10-5-7-12(15)8-6-10/h5-8,11,13-14,16H,2-4,9H2,1H3. The van der Waals surface area contributed by atoms with Gasteiger partial charge in [-0.2, -0.15) is 0 Å².